The van der Waals surface area contributed by atoms with E-state index in [1.807, 2.05) is 37.2 Å². The molecule has 0 aromatic heterocycles. The number of benzene rings is 1. The minimum atomic E-state index is -3.20. The van der Waals surface area contributed by atoms with Crippen LogP contribution in [0.3, 0.4) is 0 Å². The summed E-state index contributed by atoms with van der Waals surface area (Å²) in [4.78, 5) is 1.97. The maximum Gasteiger partial charge on any atom is 0.231 e. The zero-order valence-electron chi connectivity index (χ0n) is 11.9. The predicted octanol–water partition coefficient (Wildman–Crippen LogP) is 0.957. The van der Waals surface area contributed by atoms with Crippen LogP contribution in [0.5, 0.6) is 11.5 Å². The molecule has 1 aliphatic rings. The Morgan fingerprint density at radius 1 is 1.30 bits per heavy atom. The highest BCUT2D eigenvalue weighted by atomic mass is 32.2. The summed E-state index contributed by atoms with van der Waals surface area (Å²) in [5, 5.41) is 0. The van der Waals surface area contributed by atoms with Crippen molar-refractivity contribution in [1.82, 2.24) is 9.62 Å². The number of hydrogen-bond acceptors (Lipinski definition) is 5. The van der Waals surface area contributed by atoms with Gasteiger partial charge in [-0.25, -0.2) is 13.1 Å². The fourth-order valence-corrected chi connectivity index (χ4v) is 2.64. The molecule has 1 aromatic carbocycles. The Hall–Kier alpha value is -1.31. The van der Waals surface area contributed by atoms with Gasteiger partial charge in [0.1, 0.15) is 0 Å². The van der Waals surface area contributed by atoms with E-state index in [2.05, 4.69) is 4.72 Å². The monoisotopic (exact) mass is 300 g/mol. The van der Waals surface area contributed by atoms with Crippen LogP contribution >= 0.6 is 0 Å². The minimum absolute atomic E-state index is 0.0641. The van der Waals surface area contributed by atoms with Crippen molar-refractivity contribution in [2.24, 2.45) is 0 Å². The highest BCUT2D eigenvalue weighted by Crippen LogP contribution is 2.34. The van der Waals surface area contributed by atoms with E-state index in [4.69, 9.17) is 9.47 Å². The van der Waals surface area contributed by atoms with Crippen LogP contribution < -0.4 is 14.2 Å². The summed E-state index contributed by atoms with van der Waals surface area (Å²) >= 11 is 0. The van der Waals surface area contributed by atoms with E-state index >= 15 is 0 Å². The van der Waals surface area contributed by atoms with Gasteiger partial charge in [-0.3, -0.25) is 0 Å². The quantitative estimate of drug-likeness (QED) is 0.847. The van der Waals surface area contributed by atoms with Crippen molar-refractivity contribution in [2.75, 3.05) is 33.2 Å². The Morgan fingerprint density at radius 3 is 2.65 bits per heavy atom. The van der Waals surface area contributed by atoms with Gasteiger partial charge >= 0.3 is 0 Å². The van der Waals surface area contributed by atoms with Crippen molar-refractivity contribution < 1.29 is 17.9 Å². The summed E-state index contributed by atoms with van der Waals surface area (Å²) in [5.74, 6) is 1.50. The molecule has 1 N–H and O–H groups in total. The predicted molar refractivity (Wildman–Crippen MR) is 76.5 cm³/mol. The van der Waals surface area contributed by atoms with Crippen LogP contribution in [0.15, 0.2) is 18.2 Å². The van der Waals surface area contributed by atoms with Crippen LogP contribution in [0, 0.1) is 0 Å². The molecule has 0 bridgehead atoms. The number of rotatable bonds is 6. The van der Waals surface area contributed by atoms with Crippen molar-refractivity contribution in [2.45, 2.75) is 13.0 Å². The molecule has 0 amide bonds. The zero-order chi connectivity index (χ0) is 14.8. The van der Waals surface area contributed by atoms with Crippen molar-refractivity contribution in [3.63, 3.8) is 0 Å². The van der Waals surface area contributed by atoms with E-state index in [0.29, 0.717) is 12.3 Å². The Bertz CT molecular complexity index is 572. The highest BCUT2D eigenvalue weighted by Gasteiger charge is 2.21. The van der Waals surface area contributed by atoms with Crippen LogP contribution in [-0.4, -0.2) is 46.5 Å². The van der Waals surface area contributed by atoms with Crippen LogP contribution in [-0.2, 0) is 10.0 Å². The Balaban J connectivity index is 2.16. The maximum absolute atomic E-state index is 11.6. The molecule has 0 spiro atoms. The first-order valence-electron chi connectivity index (χ1n) is 6.46. The van der Waals surface area contributed by atoms with Gasteiger partial charge in [0, 0.05) is 12.6 Å². The summed E-state index contributed by atoms with van der Waals surface area (Å²) in [6, 6.07) is 5.61. The Morgan fingerprint density at radius 2 is 2.00 bits per heavy atom. The summed E-state index contributed by atoms with van der Waals surface area (Å²) in [6.07, 6.45) is 0. The second-order valence-electron chi connectivity index (χ2n) is 4.84. The van der Waals surface area contributed by atoms with Gasteiger partial charge in [0.25, 0.3) is 0 Å². The second kappa shape index (κ2) is 5.99. The van der Waals surface area contributed by atoms with Gasteiger partial charge in [-0.1, -0.05) is 6.07 Å². The van der Waals surface area contributed by atoms with Crippen LogP contribution in [0.25, 0.3) is 0 Å². The van der Waals surface area contributed by atoms with Gasteiger partial charge in [0.2, 0.25) is 16.8 Å². The maximum atomic E-state index is 11.6. The molecule has 112 valence electrons. The molecule has 0 saturated heterocycles. The molecule has 2 rings (SSSR count). The molecule has 1 aliphatic heterocycles. The largest absolute Gasteiger partial charge is 0.454 e. The topological polar surface area (TPSA) is 67.9 Å². The lowest BCUT2D eigenvalue weighted by Crippen LogP contribution is -2.35. The van der Waals surface area contributed by atoms with E-state index in [1.54, 1.807) is 6.92 Å². The Kier molecular flexibility index (Phi) is 4.52. The molecule has 0 saturated carbocycles. The average molecular weight is 300 g/mol. The molecule has 0 aliphatic carbocycles. The standard InChI is InChI=1S/C13H20N2O4S/c1-4-20(16,17)14-8-11(15(2)3)10-5-6-12-13(7-10)19-9-18-12/h5-7,11,14H,4,8-9H2,1-3H3/t11-/m0/s1. The van der Waals surface area contributed by atoms with E-state index in [9.17, 15) is 8.42 Å². The fourth-order valence-electron chi connectivity index (χ4n) is 2.03. The molecule has 0 fully saturated rings. The smallest absolute Gasteiger partial charge is 0.231 e. The second-order valence-corrected chi connectivity index (χ2v) is 6.94. The number of hydrogen-bond donors (Lipinski definition) is 1. The third-order valence-electron chi connectivity index (χ3n) is 3.28. The molecule has 6 nitrogen and oxygen atoms in total. The Labute approximate surface area is 119 Å². The SMILES string of the molecule is CCS(=O)(=O)NC[C@@H](c1ccc2c(c1)OCO2)N(C)C. The first kappa shape index (κ1) is 15.1. The molecule has 1 atom stereocenters. The molecule has 1 aromatic rings. The first-order chi connectivity index (χ1) is 9.43. The summed E-state index contributed by atoms with van der Waals surface area (Å²) in [5.41, 5.74) is 0.984. The van der Waals surface area contributed by atoms with Gasteiger partial charge in [0.15, 0.2) is 11.5 Å². The third kappa shape index (κ3) is 3.41. The van der Waals surface area contributed by atoms with Crippen molar-refractivity contribution in [3.8, 4) is 11.5 Å². The number of sulfonamides is 1. The van der Waals surface area contributed by atoms with Crippen LogP contribution in [0.2, 0.25) is 0 Å². The van der Waals surface area contributed by atoms with Gasteiger partial charge in [-0.2, -0.15) is 0 Å². The number of nitrogens with one attached hydrogen (secondary N) is 1. The van der Waals surface area contributed by atoms with Gasteiger partial charge in [-0.15, -0.1) is 0 Å². The zero-order valence-corrected chi connectivity index (χ0v) is 12.7. The van der Waals surface area contributed by atoms with Gasteiger partial charge in [0.05, 0.1) is 5.75 Å². The number of fused-ring (bicyclic) bond motifs is 1. The third-order valence-corrected chi connectivity index (χ3v) is 4.65. The summed E-state index contributed by atoms with van der Waals surface area (Å²) < 4.78 is 36.4. The average Bonchev–Trinajstić information content (AvgIpc) is 2.86. The number of likely N-dealkylation sites (N-methyl/N-ethyl adjacent to an activating group) is 1. The molecule has 20 heavy (non-hydrogen) atoms. The minimum Gasteiger partial charge on any atom is -0.454 e. The molecule has 7 heteroatoms. The normalized spacial score (nSPS) is 15.6. The van der Waals surface area contributed by atoms with E-state index in [-0.39, 0.29) is 18.6 Å². The van der Waals surface area contributed by atoms with E-state index in [0.717, 1.165) is 11.3 Å². The van der Waals surface area contributed by atoms with E-state index < -0.39 is 10.0 Å². The van der Waals surface area contributed by atoms with Crippen LogP contribution in [0.4, 0.5) is 0 Å². The fraction of sp³-hybridized carbons (Fsp3) is 0.538. The molecular weight excluding hydrogens is 280 g/mol. The lowest BCUT2D eigenvalue weighted by molar-refractivity contribution is 0.174. The lowest BCUT2D eigenvalue weighted by atomic mass is 10.1. The molecule has 0 unspecified atom stereocenters. The van der Waals surface area contributed by atoms with Crippen molar-refractivity contribution in [1.29, 1.82) is 0 Å². The van der Waals surface area contributed by atoms with Crippen LogP contribution in [0.1, 0.15) is 18.5 Å². The lowest BCUT2D eigenvalue weighted by Gasteiger charge is -2.25. The summed E-state index contributed by atoms with van der Waals surface area (Å²) in [7, 11) is 0.624. The summed E-state index contributed by atoms with van der Waals surface area (Å²) in [6.45, 7) is 2.17. The number of nitrogens with zero attached hydrogens (tertiary/aromatic N) is 1. The molecule has 0 radical (unpaired) electrons. The molecule has 1 heterocycles. The first-order valence-corrected chi connectivity index (χ1v) is 8.11. The van der Waals surface area contributed by atoms with Crippen molar-refractivity contribution >= 4 is 10.0 Å². The highest BCUT2D eigenvalue weighted by molar-refractivity contribution is 7.89. The van der Waals surface area contributed by atoms with Gasteiger partial charge < -0.3 is 14.4 Å². The van der Waals surface area contributed by atoms with Crippen molar-refractivity contribution in [3.05, 3.63) is 23.8 Å². The van der Waals surface area contributed by atoms with E-state index in [1.165, 1.54) is 0 Å². The van der Waals surface area contributed by atoms with Gasteiger partial charge in [-0.05, 0) is 38.7 Å². The number of ether oxygens (including phenoxy) is 2. The molecular formula is C13H20N2O4S.